The summed E-state index contributed by atoms with van der Waals surface area (Å²) in [6.07, 6.45) is 3.25. The van der Waals surface area contributed by atoms with Crippen LogP contribution in [0.2, 0.25) is 0 Å². The Morgan fingerprint density at radius 3 is 3.00 bits per heavy atom. The van der Waals surface area contributed by atoms with Crippen molar-refractivity contribution in [1.82, 2.24) is 9.88 Å². The SMILES string of the molecule is N#Cc1csc(CNCCCn2ccc3ccccc32)c1. The van der Waals surface area contributed by atoms with Gasteiger partial charge in [0, 0.05) is 35.1 Å². The van der Waals surface area contributed by atoms with Crippen molar-refractivity contribution in [3.63, 3.8) is 0 Å². The van der Waals surface area contributed by atoms with Crippen LogP contribution < -0.4 is 5.32 Å². The number of nitriles is 1. The number of aromatic nitrogens is 1. The van der Waals surface area contributed by atoms with Gasteiger partial charge < -0.3 is 9.88 Å². The molecular weight excluding hydrogens is 278 g/mol. The summed E-state index contributed by atoms with van der Waals surface area (Å²) < 4.78 is 2.30. The van der Waals surface area contributed by atoms with Crippen LogP contribution >= 0.6 is 11.3 Å². The highest BCUT2D eigenvalue weighted by molar-refractivity contribution is 7.10. The van der Waals surface area contributed by atoms with E-state index in [1.807, 2.05) is 11.4 Å². The fraction of sp³-hybridized carbons (Fsp3) is 0.235. The molecule has 0 bridgehead atoms. The zero-order valence-electron chi connectivity index (χ0n) is 11.7. The Morgan fingerprint density at radius 1 is 1.24 bits per heavy atom. The Balaban J connectivity index is 1.45. The van der Waals surface area contributed by atoms with Crippen molar-refractivity contribution >= 4 is 22.2 Å². The summed E-state index contributed by atoms with van der Waals surface area (Å²) in [6.45, 7) is 2.85. The van der Waals surface area contributed by atoms with E-state index >= 15 is 0 Å². The van der Waals surface area contributed by atoms with Crippen LogP contribution in [0.5, 0.6) is 0 Å². The van der Waals surface area contributed by atoms with Gasteiger partial charge in [0.15, 0.2) is 0 Å². The summed E-state index contributed by atoms with van der Waals surface area (Å²) in [5.41, 5.74) is 2.06. The number of thiophene rings is 1. The molecule has 0 aliphatic rings. The van der Waals surface area contributed by atoms with Gasteiger partial charge in [-0.1, -0.05) is 18.2 Å². The lowest BCUT2D eigenvalue weighted by atomic mass is 10.2. The van der Waals surface area contributed by atoms with E-state index in [2.05, 4.69) is 52.5 Å². The molecule has 3 rings (SSSR count). The monoisotopic (exact) mass is 295 g/mol. The number of benzene rings is 1. The molecule has 0 amide bonds. The maximum Gasteiger partial charge on any atom is 0.100 e. The number of para-hydroxylation sites is 1. The van der Waals surface area contributed by atoms with Crippen LogP contribution in [0, 0.1) is 11.3 Å². The quantitative estimate of drug-likeness (QED) is 0.704. The highest BCUT2D eigenvalue weighted by atomic mass is 32.1. The average Bonchev–Trinajstić information content (AvgIpc) is 3.14. The lowest BCUT2D eigenvalue weighted by Gasteiger charge is -2.06. The Bertz CT molecular complexity index is 764. The summed E-state index contributed by atoms with van der Waals surface area (Å²) in [6, 6.07) is 14.8. The maximum absolute atomic E-state index is 8.79. The van der Waals surface area contributed by atoms with Gasteiger partial charge in [-0.15, -0.1) is 11.3 Å². The van der Waals surface area contributed by atoms with Crippen LogP contribution in [0.15, 0.2) is 48.0 Å². The van der Waals surface area contributed by atoms with Crippen molar-refractivity contribution < 1.29 is 0 Å². The van der Waals surface area contributed by atoms with Gasteiger partial charge >= 0.3 is 0 Å². The van der Waals surface area contributed by atoms with E-state index in [0.29, 0.717) is 0 Å². The van der Waals surface area contributed by atoms with Crippen LogP contribution in [0.4, 0.5) is 0 Å². The first-order chi connectivity index (χ1) is 10.4. The fourth-order valence-corrected chi connectivity index (χ4v) is 3.23. The minimum atomic E-state index is 0.760. The van der Waals surface area contributed by atoms with Crippen molar-refractivity contribution in [1.29, 1.82) is 5.26 Å². The predicted octanol–water partition coefficient (Wildman–Crippen LogP) is 3.75. The smallest absolute Gasteiger partial charge is 0.100 e. The first-order valence-corrected chi connectivity index (χ1v) is 7.97. The van der Waals surface area contributed by atoms with Gasteiger partial charge in [0.25, 0.3) is 0 Å². The third-order valence-corrected chi connectivity index (χ3v) is 4.45. The molecule has 2 heterocycles. The van der Waals surface area contributed by atoms with E-state index in [0.717, 1.165) is 31.6 Å². The standard InChI is InChI=1S/C17H17N3S/c18-11-14-10-16(21-13-14)12-19-7-3-8-20-9-6-15-4-1-2-5-17(15)20/h1-2,4-6,9-10,13,19H,3,7-8,12H2. The van der Waals surface area contributed by atoms with Crippen LogP contribution in [-0.2, 0) is 13.1 Å². The molecular formula is C17H17N3S. The third-order valence-electron chi connectivity index (χ3n) is 3.51. The second kappa shape index (κ2) is 6.57. The van der Waals surface area contributed by atoms with Crippen molar-refractivity contribution in [2.75, 3.05) is 6.54 Å². The van der Waals surface area contributed by atoms with E-state index in [1.165, 1.54) is 15.8 Å². The van der Waals surface area contributed by atoms with Crippen molar-refractivity contribution in [2.24, 2.45) is 0 Å². The van der Waals surface area contributed by atoms with Gasteiger partial charge in [-0.25, -0.2) is 0 Å². The lowest BCUT2D eigenvalue weighted by Crippen LogP contribution is -2.15. The molecule has 0 saturated heterocycles. The molecule has 0 radical (unpaired) electrons. The number of hydrogen-bond donors (Lipinski definition) is 1. The minimum Gasteiger partial charge on any atom is -0.347 e. The summed E-state index contributed by atoms with van der Waals surface area (Å²) in [7, 11) is 0. The largest absolute Gasteiger partial charge is 0.347 e. The number of nitrogens with one attached hydrogen (secondary N) is 1. The normalized spacial score (nSPS) is 10.8. The van der Waals surface area contributed by atoms with Crippen molar-refractivity contribution in [3.05, 3.63) is 58.4 Å². The first-order valence-electron chi connectivity index (χ1n) is 7.09. The maximum atomic E-state index is 8.79. The van der Waals surface area contributed by atoms with Crippen molar-refractivity contribution in [3.8, 4) is 6.07 Å². The minimum absolute atomic E-state index is 0.760. The summed E-state index contributed by atoms with van der Waals surface area (Å²) in [5.74, 6) is 0. The highest BCUT2D eigenvalue weighted by Gasteiger charge is 2.00. The molecule has 3 nitrogen and oxygen atoms in total. The first kappa shape index (κ1) is 13.9. The zero-order valence-corrected chi connectivity index (χ0v) is 12.6. The van der Waals surface area contributed by atoms with E-state index in [1.54, 1.807) is 11.3 Å². The summed E-state index contributed by atoms with van der Waals surface area (Å²) in [5, 5.41) is 15.4. The fourth-order valence-electron chi connectivity index (χ4n) is 2.45. The second-order valence-electron chi connectivity index (χ2n) is 5.01. The van der Waals surface area contributed by atoms with Gasteiger partial charge in [0.1, 0.15) is 6.07 Å². The number of rotatable bonds is 6. The molecule has 106 valence electrons. The summed E-state index contributed by atoms with van der Waals surface area (Å²) in [4.78, 5) is 1.22. The number of aryl methyl sites for hydroxylation is 1. The van der Waals surface area contributed by atoms with Gasteiger partial charge in [-0.3, -0.25) is 0 Å². The molecule has 2 aromatic heterocycles. The molecule has 1 N–H and O–H groups in total. The van der Waals surface area contributed by atoms with Gasteiger partial charge in [-0.05, 0) is 36.6 Å². The van der Waals surface area contributed by atoms with E-state index in [4.69, 9.17) is 5.26 Å². The molecule has 0 unspecified atom stereocenters. The molecule has 3 aromatic rings. The Morgan fingerprint density at radius 2 is 2.14 bits per heavy atom. The van der Waals surface area contributed by atoms with E-state index in [9.17, 15) is 0 Å². The van der Waals surface area contributed by atoms with Gasteiger partial charge in [-0.2, -0.15) is 5.26 Å². The average molecular weight is 295 g/mol. The molecule has 0 aliphatic heterocycles. The molecule has 1 aromatic carbocycles. The number of hydrogen-bond acceptors (Lipinski definition) is 3. The third kappa shape index (κ3) is 3.33. The topological polar surface area (TPSA) is 40.8 Å². The number of fused-ring (bicyclic) bond motifs is 1. The predicted molar refractivity (Wildman–Crippen MR) is 87.3 cm³/mol. The van der Waals surface area contributed by atoms with Gasteiger partial charge in [0.05, 0.1) is 5.56 Å². The molecule has 0 saturated carbocycles. The Labute approximate surface area is 128 Å². The molecule has 4 heteroatoms. The molecule has 21 heavy (non-hydrogen) atoms. The van der Waals surface area contributed by atoms with Crippen LogP contribution in [-0.4, -0.2) is 11.1 Å². The molecule has 0 aliphatic carbocycles. The molecule has 0 spiro atoms. The highest BCUT2D eigenvalue weighted by Crippen LogP contribution is 2.15. The molecule has 0 fully saturated rings. The zero-order chi connectivity index (χ0) is 14.5. The van der Waals surface area contributed by atoms with Crippen molar-refractivity contribution in [2.45, 2.75) is 19.5 Å². The van der Waals surface area contributed by atoms with Crippen LogP contribution in [0.1, 0.15) is 16.9 Å². The van der Waals surface area contributed by atoms with E-state index < -0.39 is 0 Å². The Kier molecular flexibility index (Phi) is 4.34. The number of nitrogens with zero attached hydrogens (tertiary/aromatic N) is 2. The Hall–Kier alpha value is -2.09. The van der Waals surface area contributed by atoms with Crippen LogP contribution in [0.25, 0.3) is 10.9 Å². The van der Waals surface area contributed by atoms with Crippen LogP contribution in [0.3, 0.4) is 0 Å². The summed E-state index contributed by atoms with van der Waals surface area (Å²) >= 11 is 1.64. The lowest BCUT2D eigenvalue weighted by molar-refractivity contribution is 0.593. The molecule has 0 atom stereocenters. The second-order valence-corrected chi connectivity index (χ2v) is 6.01. The van der Waals surface area contributed by atoms with Gasteiger partial charge in [0.2, 0.25) is 0 Å². The van der Waals surface area contributed by atoms with E-state index in [-0.39, 0.29) is 0 Å².